The number of morpholine rings is 1. The van der Waals surface area contributed by atoms with Gasteiger partial charge in [0.2, 0.25) is 0 Å². The van der Waals surface area contributed by atoms with E-state index in [4.69, 9.17) is 14.2 Å². The maximum atomic E-state index is 5.62. The third-order valence-electron chi connectivity index (χ3n) is 6.11. The molecule has 0 saturated carbocycles. The Balaban J connectivity index is 1.57. The van der Waals surface area contributed by atoms with E-state index in [9.17, 15) is 0 Å². The van der Waals surface area contributed by atoms with Gasteiger partial charge in [-0.2, -0.15) is 0 Å². The van der Waals surface area contributed by atoms with Crippen molar-refractivity contribution in [2.75, 3.05) is 60.2 Å². The van der Waals surface area contributed by atoms with Crippen LogP contribution in [-0.2, 0) is 11.2 Å². The normalized spacial score (nSPS) is 20.3. The van der Waals surface area contributed by atoms with E-state index in [1.165, 1.54) is 23.1 Å². The number of rotatable bonds is 7. The predicted molar refractivity (Wildman–Crippen MR) is 115 cm³/mol. The first-order valence-electron chi connectivity index (χ1n) is 10.6. The molecule has 29 heavy (non-hydrogen) atoms. The first-order valence-corrected chi connectivity index (χ1v) is 10.6. The monoisotopic (exact) mass is 396 g/mol. The molecule has 0 amide bonds. The Kier molecular flexibility index (Phi) is 6.70. The van der Waals surface area contributed by atoms with Gasteiger partial charge in [-0.05, 0) is 48.2 Å². The van der Waals surface area contributed by atoms with Crippen molar-refractivity contribution in [3.05, 3.63) is 59.2 Å². The lowest BCUT2D eigenvalue weighted by Crippen LogP contribution is -2.40. The van der Waals surface area contributed by atoms with Gasteiger partial charge in [0.25, 0.3) is 0 Å². The second kappa shape index (κ2) is 9.61. The van der Waals surface area contributed by atoms with Gasteiger partial charge < -0.3 is 14.2 Å². The lowest BCUT2D eigenvalue weighted by atomic mass is 9.87. The lowest BCUT2D eigenvalue weighted by Gasteiger charge is -2.38. The number of nitrogens with zero attached hydrogens (tertiary/aromatic N) is 2. The van der Waals surface area contributed by atoms with Crippen LogP contribution in [0.1, 0.15) is 29.2 Å². The average Bonchev–Trinajstić information content (AvgIpc) is 2.79. The van der Waals surface area contributed by atoms with Gasteiger partial charge in [-0.15, -0.1) is 0 Å². The van der Waals surface area contributed by atoms with Gasteiger partial charge in [0.1, 0.15) is 0 Å². The fourth-order valence-electron chi connectivity index (χ4n) is 4.59. The highest BCUT2D eigenvalue weighted by atomic mass is 16.5. The minimum absolute atomic E-state index is 0.254. The molecular weight excluding hydrogens is 364 g/mol. The molecule has 5 nitrogen and oxygen atoms in total. The maximum Gasteiger partial charge on any atom is 0.161 e. The molecule has 0 aliphatic carbocycles. The zero-order chi connectivity index (χ0) is 20.1. The van der Waals surface area contributed by atoms with E-state index in [1.807, 2.05) is 0 Å². The minimum atomic E-state index is 0.254. The largest absolute Gasteiger partial charge is 0.493 e. The van der Waals surface area contributed by atoms with Crippen molar-refractivity contribution >= 4 is 0 Å². The molecule has 0 spiro atoms. The molecule has 0 aromatic heterocycles. The highest BCUT2D eigenvalue weighted by Crippen LogP contribution is 2.40. The van der Waals surface area contributed by atoms with Crippen LogP contribution in [0.25, 0.3) is 0 Å². The molecule has 1 unspecified atom stereocenters. The maximum absolute atomic E-state index is 5.62. The Morgan fingerprint density at radius 3 is 2.38 bits per heavy atom. The van der Waals surface area contributed by atoms with Crippen LogP contribution < -0.4 is 9.47 Å². The Morgan fingerprint density at radius 1 is 0.931 bits per heavy atom. The van der Waals surface area contributed by atoms with Crippen LogP contribution in [-0.4, -0.2) is 70.0 Å². The Morgan fingerprint density at radius 2 is 1.66 bits per heavy atom. The number of hydrogen-bond donors (Lipinski definition) is 0. The summed E-state index contributed by atoms with van der Waals surface area (Å²) in [7, 11) is 3.42. The van der Waals surface area contributed by atoms with E-state index in [0.29, 0.717) is 0 Å². The fourth-order valence-corrected chi connectivity index (χ4v) is 4.59. The quantitative estimate of drug-likeness (QED) is 0.717. The molecule has 1 atom stereocenters. The Hall–Kier alpha value is -2.08. The average molecular weight is 397 g/mol. The van der Waals surface area contributed by atoms with Crippen molar-refractivity contribution in [3.8, 4) is 11.5 Å². The van der Waals surface area contributed by atoms with Gasteiger partial charge in [-0.3, -0.25) is 9.80 Å². The van der Waals surface area contributed by atoms with Gasteiger partial charge in [0, 0.05) is 26.2 Å². The number of ether oxygens (including phenoxy) is 3. The first-order chi connectivity index (χ1) is 14.3. The number of hydrogen-bond acceptors (Lipinski definition) is 5. The van der Waals surface area contributed by atoms with Gasteiger partial charge in [0.05, 0.1) is 33.5 Å². The van der Waals surface area contributed by atoms with Crippen LogP contribution in [0.4, 0.5) is 0 Å². The van der Waals surface area contributed by atoms with E-state index < -0.39 is 0 Å². The fraction of sp³-hybridized carbons (Fsp3) is 0.500. The molecule has 2 aromatic carbocycles. The molecule has 0 radical (unpaired) electrons. The van der Waals surface area contributed by atoms with E-state index in [1.54, 1.807) is 14.2 Å². The van der Waals surface area contributed by atoms with Crippen LogP contribution in [0.15, 0.2) is 42.5 Å². The number of methoxy groups -OCH3 is 2. The second-order valence-electron chi connectivity index (χ2n) is 7.81. The highest BCUT2D eigenvalue weighted by molar-refractivity contribution is 5.51. The summed E-state index contributed by atoms with van der Waals surface area (Å²) >= 11 is 0. The van der Waals surface area contributed by atoms with E-state index >= 15 is 0 Å². The molecule has 2 aliphatic rings. The third kappa shape index (κ3) is 4.58. The summed E-state index contributed by atoms with van der Waals surface area (Å²) in [4.78, 5) is 5.15. The molecule has 2 heterocycles. The smallest absolute Gasteiger partial charge is 0.161 e. The molecule has 1 saturated heterocycles. The van der Waals surface area contributed by atoms with Crippen molar-refractivity contribution in [2.45, 2.75) is 18.9 Å². The first kappa shape index (κ1) is 20.2. The van der Waals surface area contributed by atoms with E-state index in [0.717, 1.165) is 63.9 Å². The molecule has 156 valence electrons. The van der Waals surface area contributed by atoms with Crippen molar-refractivity contribution in [1.29, 1.82) is 0 Å². The number of fused-ring (bicyclic) bond motifs is 1. The summed E-state index contributed by atoms with van der Waals surface area (Å²) in [6.07, 6.45) is 2.21. The van der Waals surface area contributed by atoms with Gasteiger partial charge in [-0.1, -0.05) is 30.3 Å². The molecule has 4 rings (SSSR count). The lowest BCUT2D eigenvalue weighted by molar-refractivity contribution is 0.0355. The van der Waals surface area contributed by atoms with Gasteiger partial charge in [-0.25, -0.2) is 0 Å². The molecule has 2 aromatic rings. The second-order valence-corrected chi connectivity index (χ2v) is 7.81. The summed E-state index contributed by atoms with van der Waals surface area (Å²) in [5.74, 6) is 1.63. The molecule has 0 bridgehead atoms. The predicted octanol–water partition coefficient (Wildman–Crippen LogP) is 3.37. The zero-order valence-corrected chi connectivity index (χ0v) is 17.6. The van der Waals surface area contributed by atoms with Gasteiger partial charge >= 0.3 is 0 Å². The van der Waals surface area contributed by atoms with Crippen LogP contribution in [0.5, 0.6) is 11.5 Å². The molecule has 5 heteroatoms. The minimum Gasteiger partial charge on any atom is -0.493 e. The molecule has 2 aliphatic heterocycles. The Bertz CT molecular complexity index is 790. The molecule has 1 fully saturated rings. The number of benzene rings is 2. The van der Waals surface area contributed by atoms with Crippen LogP contribution in [0.3, 0.4) is 0 Å². The van der Waals surface area contributed by atoms with Crippen molar-refractivity contribution < 1.29 is 14.2 Å². The van der Waals surface area contributed by atoms with Crippen molar-refractivity contribution in [2.24, 2.45) is 0 Å². The highest BCUT2D eigenvalue weighted by Gasteiger charge is 2.30. The van der Waals surface area contributed by atoms with Crippen LogP contribution in [0.2, 0.25) is 0 Å². The third-order valence-corrected chi connectivity index (χ3v) is 6.11. The topological polar surface area (TPSA) is 34.2 Å². The van der Waals surface area contributed by atoms with Crippen LogP contribution in [0, 0.1) is 0 Å². The van der Waals surface area contributed by atoms with E-state index in [2.05, 4.69) is 52.3 Å². The molecular formula is C24H32N2O3. The summed E-state index contributed by atoms with van der Waals surface area (Å²) < 4.78 is 16.6. The van der Waals surface area contributed by atoms with Crippen molar-refractivity contribution in [3.63, 3.8) is 0 Å². The summed E-state index contributed by atoms with van der Waals surface area (Å²) in [6, 6.07) is 15.4. The zero-order valence-electron chi connectivity index (χ0n) is 17.6. The van der Waals surface area contributed by atoms with Crippen molar-refractivity contribution in [1.82, 2.24) is 9.80 Å². The summed E-state index contributed by atoms with van der Waals surface area (Å²) in [5, 5.41) is 0. The summed E-state index contributed by atoms with van der Waals surface area (Å²) in [6.45, 7) is 7.14. The van der Waals surface area contributed by atoms with E-state index in [-0.39, 0.29) is 6.04 Å². The Labute approximate surface area is 174 Å². The summed E-state index contributed by atoms with van der Waals surface area (Å²) in [5.41, 5.74) is 4.04. The molecule has 0 N–H and O–H groups in total. The van der Waals surface area contributed by atoms with Crippen LogP contribution >= 0.6 is 0 Å². The SMILES string of the molecule is COc1cc2c(cc1OC)C(c1ccccc1)N(CCCN1CCOCC1)CC2. The van der Waals surface area contributed by atoms with Gasteiger partial charge in [0.15, 0.2) is 11.5 Å². The standard InChI is InChI=1S/C24H32N2O3/c1-27-22-17-20-9-12-26(11-6-10-25-13-15-29-16-14-25)24(19-7-4-3-5-8-19)21(20)18-23(22)28-2/h3-5,7-8,17-18,24H,6,9-16H2,1-2H3.